The van der Waals surface area contributed by atoms with Gasteiger partial charge in [0, 0.05) is 24.5 Å². The zero-order valence-corrected chi connectivity index (χ0v) is 17.9. The average molecular weight is 369 g/mol. The molecule has 0 aromatic heterocycles. The van der Waals surface area contributed by atoms with E-state index in [0.717, 1.165) is 48.8 Å². The second kappa shape index (κ2) is 9.16. The highest BCUT2D eigenvalue weighted by Gasteiger charge is 2.10. The van der Waals surface area contributed by atoms with Crippen molar-refractivity contribution in [2.75, 3.05) is 23.7 Å². The smallest absolute Gasteiger partial charge is 0.127 e. The van der Waals surface area contributed by atoms with Crippen molar-refractivity contribution in [1.82, 2.24) is 0 Å². The third kappa shape index (κ3) is 8.85. The van der Waals surface area contributed by atoms with Crippen molar-refractivity contribution in [3.05, 3.63) is 48.5 Å². The van der Waals surface area contributed by atoms with Gasteiger partial charge in [0.1, 0.15) is 11.5 Å². The average Bonchev–Trinajstić information content (AvgIpc) is 2.56. The number of ether oxygens (including phenoxy) is 1. The third-order valence-electron chi connectivity index (χ3n) is 4.35. The first-order valence-corrected chi connectivity index (χ1v) is 9.97. The van der Waals surface area contributed by atoms with Gasteiger partial charge in [0.2, 0.25) is 0 Å². The van der Waals surface area contributed by atoms with E-state index in [1.807, 2.05) is 24.3 Å². The Labute approximate surface area is 165 Å². The Balaban J connectivity index is 1.81. The SMILES string of the molecule is CC(C)(C)CCNc1ccc(Oc2ccc(NCCC(C)(C)C)cc2)cc1. The molecule has 27 heavy (non-hydrogen) atoms. The molecule has 0 aliphatic heterocycles. The van der Waals surface area contributed by atoms with Crippen molar-refractivity contribution in [3.8, 4) is 11.5 Å². The second-order valence-corrected chi connectivity index (χ2v) is 9.63. The van der Waals surface area contributed by atoms with Gasteiger partial charge in [0.15, 0.2) is 0 Å². The van der Waals surface area contributed by atoms with Gasteiger partial charge in [-0.3, -0.25) is 0 Å². The standard InChI is InChI=1S/C24H36N2O/c1-23(2,3)15-17-25-19-7-11-21(12-8-19)27-22-13-9-20(10-14-22)26-18-16-24(4,5)6/h7-14,25-26H,15-18H2,1-6H3. The lowest BCUT2D eigenvalue weighted by atomic mass is 9.92. The van der Waals surface area contributed by atoms with E-state index >= 15 is 0 Å². The van der Waals surface area contributed by atoms with Crippen molar-refractivity contribution in [2.24, 2.45) is 10.8 Å². The molecule has 0 saturated carbocycles. The van der Waals surface area contributed by atoms with Gasteiger partial charge in [0.05, 0.1) is 0 Å². The molecule has 0 bridgehead atoms. The summed E-state index contributed by atoms with van der Waals surface area (Å²) in [5, 5.41) is 6.93. The Morgan fingerprint density at radius 2 is 0.926 bits per heavy atom. The summed E-state index contributed by atoms with van der Waals surface area (Å²) in [6.45, 7) is 15.5. The number of benzene rings is 2. The number of hydrogen-bond donors (Lipinski definition) is 2. The molecule has 2 aromatic carbocycles. The minimum atomic E-state index is 0.351. The van der Waals surface area contributed by atoms with Crippen LogP contribution in [0.5, 0.6) is 11.5 Å². The maximum absolute atomic E-state index is 5.95. The molecule has 0 heterocycles. The van der Waals surface area contributed by atoms with Crippen LogP contribution in [-0.4, -0.2) is 13.1 Å². The van der Waals surface area contributed by atoms with Crippen LogP contribution >= 0.6 is 0 Å². The van der Waals surface area contributed by atoms with Gasteiger partial charge < -0.3 is 15.4 Å². The number of hydrogen-bond acceptors (Lipinski definition) is 3. The van der Waals surface area contributed by atoms with Gasteiger partial charge in [-0.2, -0.15) is 0 Å². The summed E-state index contributed by atoms with van der Waals surface area (Å²) in [5.41, 5.74) is 2.96. The van der Waals surface area contributed by atoms with Crippen LogP contribution in [0.15, 0.2) is 48.5 Å². The van der Waals surface area contributed by atoms with Gasteiger partial charge in [-0.1, -0.05) is 41.5 Å². The first-order valence-electron chi connectivity index (χ1n) is 9.97. The summed E-state index contributed by atoms with van der Waals surface area (Å²) in [5.74, 6) is 1.70. The Hall–Kier alpha value is -2.16. The Morgan fingerprint density at radius 3 is 1.22 bits per heavy atom. The molecule has 3 heteroatoms. The molecule has 0 amide bonds. The molecule has 2 aromatic rings. The first kappa shape index (κ1) is 21.1. The van der Waals surface area contributed by atoms with Crippen LogP contribution in [-0.2, 0) is 0 Å². The third-order valence-corrected chi connectivity index (χ3v) is 4.35. The normalized spacial score (nSPS) is 11.9. The zero-order chi connectivity index (χ0) is 19.9. The fraction of sp³-hybridized carbons (Fsp3) is 0.500. The molecule has 0 saturated heterocycles. The monoisotopic (exact) mass is 368 g/mol. The molecule has 0 aliphatic rings. The lowest BCUT2D eigenvalue weighted by Gasteiger charge is -2.18. The summed E-state index contributed by atoms with van der Waals surface area (Å²) in [7, 11) is 0. The van der Waals surface area contributed by atoms with Crippen LogP contribution in [0.4, 0.5) is 11.4 Å². The second-order valence-electron chi connectivity index (χ2n) is 9.63. The highest BCUT2D eigenvalue weighted by Crippen LogP contribution is 2.25. The molecule has 0 aliphatic carbocycles. The van der Waals surface area contributed by atoms with Gasteiger partial charge >= 0.3 is 0 Å². The molecule has 3 nitrogen and oxygen atoms in total. The summed E-state index contributed by atoms with van der Waals surface area (Å²) < 4.78 is 5.95. The lowest BCUT2D eigenvalue weighted by molar-refractivity contribution is 0.389. The molecule has 0 atom stereocenters. The van der Waals surface area contributed by atoms with E-state index in [9.17, 15) is 0 Å². The highest BCUT2D eigenvalue weighted by atomic mass is 16.5. The quantitative estimate of drug-likeness (QED) is 0.518. The van der Waals surface area contributed by atoms with Crippen LogP contribution in [0.1, 0.15) is 54.4 Å². The predicted octanol–water partition coefficient (Wildman–Crippen LogP) is 7.18. The first-order chi connectivity index (χ1) is 12.6. The largest absolute Gasteiger partial charge is 0.457 e. The van der Waals surface area contributed by atoms with Crippen LogP contribution in [0, 0.1) is 10.8 Å². The van der Waals surface area contributed by atoms with Crippen molar-refractivity contribution in [3.63, 3.8) is 0 Å². The fourth-order valence-electron chi connectivity index (χ4n) is 2.58. The molecule has 0 unspecified atom stereocenters. The van der Waals surface area contributed by atoms with E-state index in [1.165, 1.54) is 0 Å². The molecule has 2 N–H and O–H groups in total. The summed E-state index contributed by atoms with van der Waals surface area (Å²) >= 11 is 0. The summed E-state index contributed by atoms with van der Waals surface area (Å²) in [4.78, 5) is 0. The number of anilines is 2. The van der Waals surface area contributed by atoms with Gasteiger partial charge in [-0.25, -0.2) is 0 Å². The van der Waals surface area contributed by atoms with E-state index in [0.29, 0.717) is 10.8 Å². The van der Waals surface area contributed by atoms with Crippen LogP contribution in [0.2, 0.25) is 0 Å². The van der Waals surface area contributed by atoms with Crippen molar-refractivity contribution < 1.29 is 4.74 Å². The lowest BCUT2D eigenvalue weighted by Crippen LogP contribution is -2.12. The molecule has 0 fully saturated rings. The van der Waals surface area contributed by atoms with E-state index in [2.05, 4.69) is 76.4 Å². The fourth-order valence-corrected chi connectivity index (χ4v) is 2.58. The van der Waals surface area contributed by atoms with Gasteiger partial charge in [-0.05, 0) is 72.2 Å². The number of rotatable bonds is 8. The molecular weight excluding hydrogens is 332 g/mol. The minimum absolute atomic E-state index is 0.351. The topological polar surface area (TPSA) is 33.3 Å². The predicted molar refractivity (Wildman–Crippen MR) is 118 cm³/mol. The van der Waals surface area contributed by atoms with Crippen LogP contribution < -0.4 is 15.4 Å². The van der Waals surface area contributed by atoms with Crippen molar-refractivity contribution >= 4 is 11.4 Å². The molecule has 2 rings (SSSR count). The van der Waals surface area contributed by atoms with Crippen molar-refractivity contribution in [1.29, 1.82) is 0 Å². The molecule has 148 valence electrons. The Bertz CT molecular complexity index is 615. The number of nitrogens with one attached hydrogen (secondary N) is 2. The summed E-state index contributed by atoms with van der Waals surface area (Å²) in [6, 6.07) is 16.3. The van der Waals surface area contributed by atoms with Gasteiger partial charge in [-0.15, -0.1) is 0 Å². The van der Waals surface area contributed by atoms with Crippen molar-refractivity contribution in [2.45, 2.75) is 54.4 Å². The van der Waals surface area contributed by atoms with E-state index < -0.39 is 0 Å². The molecule has 0 spiro atoms. The van der Waals surface area contributed by atoms with Gasteiger partial charge in [0.25, 0.3) is 0 Å². The van der Waals surface area contributed by atoms with Crippen LogP contribution in [0.25, 0.3) is 0 Å². The maximum atomic E-state index is 5.95. The van der Waals surface area contributed by atoms with Crippen LogP contribution in [0.3, 0.4) is 0 Å². The van der Waals surface area contributed by atoms with E-state index in [4.69, 9.17) is 4.74 Å². The molecule has 0 radical (unpaired) electrons. The summed E-state index contributed by atoms with van der Waals surface area (Å²) in [6.07, 6.45) is 2.28. The van der Waals surface area contributed by atoms with E-state index in [-0.39, 0.29) is 0 Å². The zero-order valence-electron chi connectivity index (χ0n) is 17.9. The minimum Gasteiger partial charge on any atom is -0.457 e. The molecular formula is C24H36N2O. The van der Waals surface area contributed by atoms with E-state index in [1.54, 1.807) is 0 Å². The maximum Gasteiger partial charge on any atom is 0.127 e. The Kier molecular flexibility index (Phi) is 7.18. The Morgan fingerprint density at radius 1 is 0.593 bits per heavy atom. The highest BCUT2D eigenvalue weighted by molar-refractivity contribution is 5.49.